The van der Waals surface area contributed by atoms with Gasteiger partial charge in [0.1, 0.15) is 11.4 Å². The summed E-state index contributed by atoms with van der Waals surface area (Å²) in [7, 11) is 0. The standard InChI is InChI=1S/C14H19N3O4/c1-2-21-11-5-6-12(13(9-11)17(19)20)16-14(18)8-10-4-3-7-15-10/h5-6,9-10,15H,2-4,7-8H2,1H3,(H,16,18). The van der Waals surface area contributed by atoms with Gasteiger partial charge in [-0.25, -0.2) is 0 Å². The van der Waals surface area contributed by atoms with Gasteiger partial charge >= 0.3 is 0 Å². The molecule has 0 bridgehead atoms. The van der Waals surface area contributed by atoms with Crippen LogP contribution >= 0.6 is 0 Å². The summed E-state index contributed by atoms with van der Waals surface area (Å²) in [5.41, 5.74) is 0.0418. The molecular weight excluding hydrogens is 274 g/mol. The van der Waals surface area contributed by atoms with Crippen molar-refractivity contribution in [1.29, 1.82) is 0 Å². The molecule has 0 aliphatic carbocycles. The molecule has 1 atom stereocenters. The van der Waals surface area contributed by atoms with Crippen LogP contribution in [0, 0.1) is 10.1 Å². The highest BCUT2D eigenvalue weighted by molar-refractivity contribution is 5.93. The molecule has 1 amide bonds. The molecule has 1 aromatic carbocycles. The molecule has 2 N–H and O–H groups in total. The number of nitrogens with one attached hydrogen (secondary N) is 2. The van der Waals surface area contributed by atoms with Gasteiger partial charge in [0.05, 0.1) is 17.6 Å². The fourth-order valence-corrected chi connectivity index (χ4v) is 2.38. The van der Waals surface area contributed by atoms with Crippen molar-refractivity contribution in [3.8, 4) is 5.75 Å². The quantitative estimate of drug-likeness (QED) is 0.618. The lowest BCUT2D eigenvalue weighted by Crippen LogP contribution is -2.27. The maximum Gasteiger partial charge on any atom is 0.296 e. The monoisotopic (exact) mass is 293 g/mol. The van der Waals surface area contributed by atoms with Gasteiger partial charge in [0, 0.05) is 12.5 Å². The molecule has 1 heterocycles. The summed E-state index contributed by atoms with van der Waals surface area (Å²) in [5, 5.41) is 16.9. The van der Waals surface area contributed by atoms with Crippen molar-refractivity contribution in [3.05, 3.63) is 28.3 Å². The third-order valence-corrected chi connectivity index (χ3v) is 3.35. The third-order valence-electron chi connectivity index (χ3n) is 3.35. The molecule has 1 unspecified atom stereocenters. The number of benzene rings is 1. The van der Waals surface area contributed by atoms with E-state index in [0.29, 0.717) is 18.8 Å². The van der Waals surface area contributed by atoms with Gasteiger partial charge in [-0.2, -0.15) is 0 Å². The van der Waals surface area contributed by atoms with Gasteiger partial charge < -0.3 is 15.4 Å². The first-order valence-corrected chi connectivity index (χ1v) is 7.04. The highest BCUT2D eigenvalue weighted by Gasteiger charge is 2.21. The minimum absolute atomic E-state index is 0.159. The molecule has 114 valence electrons. The van der Waals surface area contributed by atoms with Crippen LogP contribution in [0.4, 0.5) is 11.4 Å². The van der Waals surface area contributed by atoms with Crippen molar-refractivity contribution >= 4 is 17.3 Å². The van der Waals surface area contributed by atoms with Crippen molar-refractivity contribution in [3.63, 3.8) is 0 Å². The van der Waals surface area contributed by atoms with Gasteiger partial charge in [-0.15, -0.1) is 0 Å². The topological polar surface area (TPSA) is 93.5 Å². The van der Waals surface area contributed by atoms with Gasteiger partial charge in [-0.05, 0) is 38.4 Å². The van der Waals surface area contributed by atoms with E-state index < -0.39 is 4.92 Å². The summed E-state index contributed by atoms with van der Waals surface area (Å²) in [4.78, 5) is 22.5. The first-order valence-electron chi connectivity index (χ1n) is 7.04. The second-order valence-electron chi connectivity index (χ2n) is 4.91. The zero-order valence-corrected chi connectivity index (χ0v) is 11.9. The number of nitrogens with zero attached hydrogens (tertiary/aromatic N) is 1. The predicted molar refractivity (Wildman–Crippen MR) is 78.5 cm³/mol. The summed E-state index contributed by atoms with van der Waals surface area (Å²) in [6.07, 6.45) is 2.34. The van der Waals surface area contributed by atoms with Crippen molar-refractivity contribution in [2.45, 2.75) is 32.2 Å². The van der Waals surface area contributed by atoms with Crippen LogP contribution in [0.5, 0.6) is 5.75 Å². The Balaban J connectivity index is 2.07. The van der Waals surface area contributed by atoms with Gasteiger partial charge in [-0.3, -0.25) is 14.9 Å². The van der Waals surface area contributed by atoms with E-state index in [0.717, 1.165) is 19.4 Å². The van der Waals surface area contributed by atoms with Crippen molar-refractivity contribution in [2.24, 2.45) is 0 Å². The SMILES string of the molecule is CCOc1ccc(NC(=O)CC2CCCN2)c([N+](=O)[O-])c1. The zero-order chi connectivity index (χ0) is 15.2. The molecule has 7 nitrogen and oxygen atoms in total. The number of rotatable bonds is 6. The van der Waals surface area contributed by atoms with Crippen molar-refractivity contribution < 1.29 is 14.5 Å². The van der Waals surface area contributed by atoms with E-state index in [9.17, 15) is 14.9 Å². The fourth-order valence-electron chi connectivity index (χ4n) is 2.38. The van der Waals surface area contributed by atoms with Gasteiger partial charge in [0.2, 0.25) is 5.91 Å². The normalized spacial score (nSPS) is 17.5. The Bertz CT molecular complexity index is 527. The second kappa shape index (κ2) is 7.03. The van der Waals surface area contributed by atoms with E-state index in [-0.39, 0.29) is 23.3 Å². The van der Waals surface area contributed by atoms with Crippen LogP contribution in [-0.4, -0.2) is 30.0 Å². The van der Waals surface area contributed by atoms with Gasteiger partial charge in [0.15, 0.2) is 0 Å². The van der Waals surface area contributed by atoms with Gasteiger partial charge in [0.25, 0.3) is 5.69 Å². The lowest BCUT2D eigenvalue weighted by Gasteiger charge is -2.11. The summed E-state index contributed by atoms with van der Waals surface area (Å²) in [5.74, 6) is 0.196. The first-order chi connectivity index (χ1) is 10.1. The highest BCUT2D eigenvalue weighted by atomic mass is 16.6. The molecule has 0 radical (unpaired) electrons. The Morgan fingerprint density at radius 2 is 2.38 bits per heavy atom. The fraction of sp³-hybridized carbons (Fsp3) is 0.500. The van der Waals surface area contributed by atoms with E-state index in [4.69, 9.17) is 4.74 Å². The molecule has 0 spiro atoms. The van der Waals surface area contributed by atoms with E-state index in [1.165, 1.54) is 12.1 Å². The van der Waals surface area contributed by atoms with Crippen LogP contribution in [-0.2, 0) is 4.79 Å². The Morgan fingerprint density at radius 1 is 1.57 bits per heavy atom. The van der Waals surface area contributed by atoms with E-state index >= 15 is 0 Å². The van der Waals surface area contributed by atoms with Crippen molar-refractivity contribution in [2.75, 3.05) is 18.5 Å². The molecule has 1 aromatic rings. The minimum atomic E-state index is -0.522. The molecule has 0 saturated carbocycles. The lowest BCUT2D eigenvalue weighted by atomic mass is 10.1. The minimum Gasteiger partial charge on any atom is -0.494 e. The number of amides is 1. The second-order valence-corrected chi connectivity index (χ2v) is 4.91. The maximum absolute atomic E-state index is 11.9. The highest BCUT2D eigenvalue weighted by Crippen LogP contribution is 2.29. The molecule has 1 fully saturated rings. The van der Waals surface area contributed by atoms with Crippen LogP contribution < -0.4 is 15.4 Å². The molecule has 1 saturated heterocycles. The largest absolute Gasteiger partial charge is 0.494 e. The zero-order valence-electron chi connectivity index (χ0n) is 11.9. The van der Waals surface area contributed by atoms with Crippen LogP contribution in [0.2, 0.25) is 0 Å². The average molecular weight is 293 g/mol. The number of nitro benzene ring substituents is 1. The average Bonchev–Trinajstić information content (AvgIpc) is 2.93. The third kappa shape index (κ3) is 4.16. The number of carbonyl (C=O) groups excluding carboxylic acids is 1. The summed E-state index contributed by atoms with van der Waals surface area (Å²) in [6.45, 7) is 3.15. The molecule has 1 aliphatic heterocycles. The molecule has 21 heavy (non-hydrogen) atoms. The Kier molecular flexibility index (Phi) is 5.10. The Hall–Kier alpha value is -2.15. The summed E-state index contributed by atoms with van der Waals surface area (Å²) in [6, 6.07) is 4.60. The number of ether oxygens (including phenoxy) is 1. The smallest absolute Gasteiger partial charge is 0.296 e. The summed E-state index contributed by atoms with van der Waals surface area (Å²) >= 11 is 0. The number of carbonyl (C=O) groups is 1. The maximum atomic E-state index is 11.9. The molecule has 2 rings (SSSR count). The number of nitro groups is 1. The van der Waals surface area contributed by atoms with E-state index in [1.807, 2.05) is 0 Å². The number of anilines is 1. The van der Waals surface area contributed by atoms with E-state index in [2.05, 4.69) is 10.6 Å². The first kappa shape index (κ1) is 15.2. The molecule has 7 heteroatoms. The lowest BCUT2D eigenvalue weighted by molar-refractivity contribution is -0.384. The number of hydrogen-bond donors (Lipinski definition) is 2. The summed E-state index contributed by atoms with van der Waals surface area (Å²) < 4.78 is 5.24. The molecule has 1 aliphatic rings. The van der Waals surface area contributed by atoms with Crippen LogP contribution in [0.25, 0.3) is 0 Å². The van der Waals surface area contributed by atoms with Crippen LogP contribution in [0.15, 0.2) is 18.2 Å². The number of hydrogen-bond acceptors (Lipinski definition) is 5. The van der Waals surface area contributed by atoms with Crippen LogP contribution in [0.3, 0.4) is 0 Å². The van der Waals surface area contributed by atoms with E-state index in [1.54, 1.807) is 13.0 Å². The molecule has 0 aromatic heterocycles. The molecular formula is C14H19N3O4. The van der Waals surface area contributed by atoms with Crippen LogP contribution in [0.1, 0.15) is 26.2 Å². The van der Waals surface area contributed by atoms with Crippen molar-refractivity contribution in [1.82, 2.24) is 5.32 Å². The Labute approximate surface area is 122 Å². The Morgan fingerprint density at radius 3 is 3.00 bits per heavy atom. The predicted octanol–water partition coefficient (Wildman–Crippen LogP) is 2.07. The van der Waals surface area contributed by atoms with Gasteiger partial charge in [-0.1, -0.05) is 0 Å².